The summed E-state index contributed by atoms with van der Waals surface area (Å²) in [6.07, 6.45) is 0. The summed E-state index contributed by atoms with van der Waals surface area (Å²) in [7, 11) is 0. The van der Waals surface area contributed by atoms with Gasteiger partial charge < -0.3 is 10.1 Å². The number of nitrogens with one attached hydrogen (secondary N) is 1. The lowest BCUT2D eigenvalue weighted by atomic mass is 10.2. The molecule has 22 heavy (non-hydrogen) atoms. The van der Waals surface area contributed by atoms with E-state index < -0.39 is 47.3 Å². The summed E-state index contributed by atoms with van der Waals surface area (Å²) in [5.41, 5.74) is 0.213. The number of anilines is 1. The second-order valence-corrected chi connectivity index (χ2v) is 3.93. The Morgan fingerprint density at radius 2 is 1.59 bits per heavy atom. The van der Waals surface area contributed by atoms with Crippen LogP contribution in [0.4, 0.5) is 27.8 Å². The van der Waals surface area contributed by atoms with E-state index in [4.69, 9.17) is 0 Å². The molecule has 2 aromatic rings. The average Bonchev–Trinajstić information content (AvgIpc) is 2.88. The van der Waals surface area contributed by atoms with Crippen molar-refractivity contribution >= 4 is 11.7 Å². The number of carbonyl (C=O) groups excluding carboxylic acids is 1. The Labute approximate surface area is 118 Å². The lowest BCUT2D eigenvalue weighted by Gasteiger charge is -2.09. The number of amides is 1. The summed E-state index contributed by atoms with van der Waals surface area (Å²) < 4.78 is 73.8. The van der Waals surface area contributed by atoms with Gasteiger partial charge in [0.05, 0.1) is 0 Å². The molecule has 0 aliphatic carbocycles. The van der Waals surface area contributed by atoms with Crippen molar-refractivity contribution in [3.05, 3.63) is 34.8 Å². The van der Waals surface area contributed by atoms with Gasteiger partial charge in [-0.3, -0.25) is 4.79 Å². The number of hydrogen-bond donors (Lipinski definition) is 1. The first-order valence-corrected chi connectivity index (χ1v) is 5.56. The molecule has 11 heteroatoms. The van der Waals surface area contributed by atoms with Crippen LogP contribution in [-0.4, -0.2) is 22.8 Å². The Balaban J connectivity index is 2.12. The van der Waals surface area contributed by atoms with Gasteiger partial charge in [-0.15, -0.1) is 0 Å². The number of carbonyl (C=O) groups is 1. The Hall–Kier alpha value is -2.72. The van der Waals surface area contributed by atoms with Crippen molar-refractivity contribution in [1.29, 1.82) is 0 Å². The molecule has 1 aromatic carbocycles. The van der Waals surface area contributed by atoms with Crippen LogP contribution in [-0.2, 0) is 4.79 Å². The standard InChI is InChI=1S/C11H6F5N3O3/c1-3-11(19-22-18-3)17-4(20)2-21-10-8(15)6(13)5(12)7(14)9(10)16/h2H2,1H3,(H,17,19,20). The predicted molar refractivity (Wildman–Crippen MR) is 59.4 cm³/mol. The number of rotatable bonds is 4. The van der Waals surface area contributed by atoms with Gasteiger partial charge in [0.1, 0.15) is 5.69 Å². The molecule has 0 fully saturated rings. The van der Waals surface area contributed by atoms with Crippen molar-refractivity contribution in [1.82, 2.24) is 10.3 Å². The van der Waals surface area contributed by atoms with E-state index in [1.807, 2.05) is 0 Å². The third-order valence-electron chi connectivity index (χ3n) is 2.43. The van der Waals surface area contributed by atoms with E-state index in [1.165, 1.54) is 6.92 Å². The van der Waals surface area contributed by atoms with Gasteiger partial charge in [0.15, 0.2) is 18.2 Å². The van der Waals surface area contributed by atoms with Crippen LogP contribution in [0.15, 0.2) is 4.63 Å². The van der Waals surface area contributed by atoms with Crippen LogP contribution in [0.25, 0.3) is 0 Å². The van der Waals surface area contributed by atoms with E-state index in [1.54, 1.807) is 0 Å². The molecule has 0 saturated carbocycles. The molecule has 1 N–H and O–H groups in total. The maximum atomic E-state index is 13.3. The molecule has 0 bridgehead atoms. The highest BCUT2D eigenvalue weighted by Gasteiger charge is 2.27. The SMILES string of the molecule is Cc1nonc1NC(=O)COc1c(F)c(F)c(F)c(F)c1F. The summed E-state index contributed by atoms with van der Waals surface area (Å²) in [6.45, 7) is 0.418. The van der Waals surface area contributed by atoms with Crippen molar-refractivity contribution in [2.45, 2.75) is 6.92 Å². The number of benzene rings is 1. The number of hydrogen-bond acceptors (Lipinski definition) is 5. The highest BCUT2D eigenvalue weighted by molar-refractivity contribution is 5.91. The Morgan fingerprint density at radius 3 is 2.09 bits per heavy atom. The minimum atomic E-state index is -2.32. The number of halogens is 5. The molecular weight excluding hydrogens is 317 g/mol. The van der Waals surface area contributed by atoms with Crippen molar-refractivity contribution in [3.63, 3.8) is 0 Å². The maximum Gasteiger partial charge on any atom is 0.263 e. The van der Waals surface area contributed by atoms with Gasteiger partial charge in [0.2, 0.25) is 29.1 Å². The third-order valence-corrected chi connectivity index (χ3v) is 2.43. The highest BCUT2D eigenvalue weighted by Crippen LogP contribution is 2.29. The number of aromatic nitrogens is 2. The van der Waals surface area contributed by atoms with Crippen LogP contribution in [0.5, 0.6) is 5.75 Å². The van der Waals surface area contributed by atoms with Gasteiger partial charge in [0.25, 0.3) is 5.91 Å². The fourth-order valence-electron chi connectivity index (χ4n) is 1.36. The van der Waals surface area contributed by atoms with Crippen molar-refractivity contribution in [2.24, 2.45) is 0 Å². The van der Waals surface area contributed by atoms with Crippen LogP contribution in [0, 0.1) is 36.0 Å². The monoisotopic (exact) mass is 323 g/mol. The Kier molecular flexibility index (Phi) is 4.24. The summed E-state index contributed by atoms with van der Waals surface area (Å²) in [5.74, 6) is -13.6. The van der Waals surface area contributed by atoms with Crippen LogP contribution < -0.4 is 10.1 Å². The molecular formula is C11H6F5N3O3. The molecule has 0 aliphatic rings. The lowest BCUT2D eigenvalue weighted by molar-refractivity contribution is -0.118. The summed E-state index contributed by atoms with van der Waals surface area (Å²) in [4.78, 5) is 11.4. The molecule has 118 valence electrons. The highest BCUT2D eigenvalue weighted by atomic mass is 19.2. The zero-order valence-electron chi connectivity index (χ0n) is 10.7. The molecule has 0 atom stereocenters. The van der Waals surface area contributed by atoms with Gasteiger partial charge in [-0.1, -0.05) is 5.16 Å². The van der Waals surface area contributed by atoms with Crippen LogP contribution in [0.2, 0.25) is 0 Å². The molecule has 0 radical (unpaired) electrons. The fourth-order valence-corrected chi connectivity index (χ4v) is 1.36. The van der Waals surface area contributed by atoms with E-state index >= 15 is 0 Å². The summed E-state index contributed by atoms with van der Waals surface area (Å²) in [6, 6.07) is 0. The number of aryl methyl sites for hydroxylation is 1. The zero-order valence-corrected chi connectivity index (χ0v) is 10.7. The second-order valence-electron chi connectivity index (χ2n) is 3.93. The first-order chi connectivity index (χ1) is 10.3. The van der Waals surface area contributed by atoms with Gasteiger partial charge in [-0.2, -0.15) is 8.78 Å². The van der Waals surface area contributed by atoms with E-state index in [-0.39, 0.29) is 11.5 Å². The topological polar surface area (TPSA) is 77.3 Å². The van der Waals surface area contributed by atoms with E-state index in [0.29, 0.717) is 0 Å². The molecule has 0 spiro atoms. The molecule has 1 amide bonds. The number of nitrogens with zero attached hydrogens (tertiary/aromatic N) is 2. The lowest BCUT2D eigenvalue weighted by Crippen LogP contribution is -2.22. The minimum Gasteiger partial charge on any atom is -0.477 e. The van der Waals surface area contributed by atoms with Crippen molar-refractivity contribution in [2.75, 3.05) is 11.9 Å². The zero-order chi connectivity index (χ0) is 16.4. The number of ether oxygens (including phenoxy) is 1. The van der Waals surface area contributed by atoms with Gasteiger partial charge in [0, 0.05) is 0 Å². The van der Waals surface area contributed by atoms with Gasteiger partial charge >= 0.3 is 0 Å². The van der Waals surface area contributed by atoms with E-state index in [9.17, 15) is 26.7 Å². The minimum absolute atomic E-state index is 0.0778. The summed E-state index contributed by atoms with van der Waals surface area (Å²) in [5, 5.41) is 8.74. The normalized spacial score (nSPS) is 10.6. The molecule has 2 rings (SSSR count). The first kappa shape index (κ1) is 15.7. The quantitative estimate of drug-likeness (QED) is 0.530. The average molecular weight is 323 g/mol. The van der Waals surface area contributed by atoms with E-state index in [0.717, 1.165) is 0 Å². The summed E-state index contributed by atoms with van der Waals surface area (Å²) >= 11 is 0. The van der Waals surface area contributed by atoms with Crippen LogP contribution in [0.1, 0.15) is 5.69 Å². The second kappa shape index (κ2) is 5.95. The molecule has 0 unspecified atom stereocenters. The maximum absolute atomic E-state index is 13.3. The smallest absolute Gasteiger partial charge is 0.263 e. The third kappa shape index (κ3) is 2.82. The fraction of sp³-hybridized carbons (Fsp3) is 0.182. The molecule has 0 aliphatic heterocycles. The van der Waals surface area contributed by atoms with Gasteiger partial charge in [-0.25, -0.2) is 17.8 Å². The van der Waals surface area contributed by atoms with Crippen molar-refractivity contribution < 1.29 is 36.1 Å². The van der Waals surface area contributed by atoms with Gasteiger partial charge in [-0.05, 0) is 12.1 Å². The van der Waals surface area contributed by atoms with Crippen molar-refractivity contribution in [3.8, 4) is 5.75 Å². The molecule has 6 nitrogen and oxygen atoms in total. The van der Waals surface area contributed by atoms with Crippen LogP contribution in [0.3, 0.4) is 0 Å². The molecule has 1 heterocycles. The Morgan fingerprint density at radius 1 is 1.05 bits per heavy atom. The first-order valence-electron chi connectivity index (χ1n) is 5.56. The largest absolute Gasteiger partial charge is 0.477 e. The molecule has 1 aromatic heterocycles. The van der Waals surface area contributed by atoms with Crippen LogP contribution >= 0.6 is 0 Å². The molecule has 0 saturated heterocycles. The Bertz CT molecular complexity index is 705. The van der Waals surface area contributed by atoms with E-state index in [2.05, 4.69) is 25.0 Å². The predicted octanol–water partition coefficient (Wildman–Crippen LogP) is 2.09.